The van der Waals surface area contributed by atoms with E-state index in [1.165, 1.54) is 102 Å². The van der Waals surface area contributed by atoms with E-state index >= 15 is 0 Å². The van der Waals surface area contributed by atoms with E-state index in [4.69, 9.17) is 0 Å². The van der Waals surface area contributed by atoms with E-state index < -0.39 is 0 Å². The lowest BCUT2D eigenvalue weighted by Crippen LogP contribution is -2.05. The summed E-state index contributed by atoms with van der Waals surface area (Å²) in [4.78, 5) is 0. The Morgan fingerprint density at radius 2 is 0.588 bits per heavy atom. The highest BCUT2D eigenvalue weighted by molar-refractivity contribution is 6.56. The van der Waals surface area contributed by atoms with Crippen LogP contribution in [0.5, 0.6) is 0 Å². The molecule has 0 fully saturated rings. The van der Waals surface area contributed by atoms with Crippen molar-refractivity contribution in [2.75, 3.05) is 0 Å². The molecule has 0 saturated carbocycles. The van der Waals surface area contributed by atoms with Crippen molar-refractivity contribution in [1.82, 2.24) is 0 Å². The van der Waals surface area contributed by atoms with Crippen molar-refractivity contribution in [3.8, 4) is 0 Å². The van der Waals surface area contributed by atoms with Gasteiger partial charge in [0.1, 0.15) is 20.1 Å². The van der Waals surface area contributed by atoms with Gasteiger partial charge in [0.25, 0.3) is 0 Å². The van der Waals surface area contributed by atoms with Crippen molar-refractivity contribution < 1.29 is 0 Å². The molecule has 0 aromatic carbocycles. The van der Waals surface area contributed by atoms with Gasteiger partial charge in [-0.2, -0.15) is 0 Å². The summed E-state index contributed by atoms with van der Waals surface area (Å²) in [6.45, 7) is 30.4. The molecule has 204 valence electrons. The Labute approximate surface area is 222 Å². The fourth-order valence-corrected chi connectivity index (χ4v) is 4.88. The molecule has 0 N–H and O–H groups in total. The quantitative estimate of drug-likeness (QED) is 0.163. The van der Waals surface area contributed by atoms with Crippen LogP contribution in [0, 0.1) is 17.8 Å². The number of hydrogen-bond acceptors (Lipinski definition) is 0. The van der Waals surface area contributed by atoms with Gasteiger partial charge in [0, 0.05) is 0 Å². The third kappa shape index (κ3) is 32.2. The first-order valence-corrected chi connectivity index (χ1v) is 16.1. The third-order valence-corrected chi connectivity index (χ3v) is 7.40. The summed E-state index contributed by atoms with van der Waals surface area (Å²) in [5.41, 5.74) is 0. The van der Waals surface area contributed by atoms with Crippen LogP contribution in [-0.2, 0) is 0 Å². The van der Waals surface area contributed by atoms with E-state index in [1.807, 2.05) is 0 Å². The zero-order valence-electron chi connectivity index (χ0n) is 26.8. The molecular formula is C31H71B3. The molecule has 2 unspecified atom stereocenters. The van der Waals surface area contributed by atoms with Crippen molar-refractivity contribution in [1.29, 1.82) is 0 Å². The van der Waals surface area contributed by atoms with E-state index in [1.54, 1.807) is 0 Å². The van der Waals surface area contributed by atoms with E-state index in [2.05, 4.69) is 82.5 Å². The molecule has 0 rings (SSSR count). The van der Waals surface area contributed by atoms with Gasteiger partial charge >= 0.3 is 0 Å². The van der Waals surface area contributed by atoms with Crippen LogP contribution in [-0.4, -0.2) is 20.1 Å². The molecule has 0 aliphatic carbocycles. The van der Waals surface area contributed by atoms with Gasteiger partial charge in [-0.15, -0.1) is 0 Å². The summed E-state index contributed by atoms with van der Waals surface area (Å²) in [6.07, 6.45) is 22.6. The van der Waals surface area contributed by atoms with Crippen molar-refractivity contribution >= 4 is 20.1 Å². The second-order valence-electron chi connectivity index (χ2n) is 12.5. The summed E-state index contributed by atoms with van der Waals surface area (Å²) in [7, 11) is 0. The molecule has 34 heavy (non-hydrogen) atoms. The molecule has 0 aliphatic rings. The first kappa shape index (κ1) is 38.7. The molecule has 0 heterocycles. The fraction of sp³-hybridized carbons (Fsp3) is 1.00. The van der Waals surface area contributed by atoms with Gasteiger partial charge in [-0.1, -0.05) is 185 Å². The van der Waals surface area contributed by atoms with Gasteiger partial charge in [0.15, 0.2) is 0 Å². The van der Waals surface area contributed by atoms with Gasteiger partial charge in [0.2, 0.25) is 0 Å². The van der Waals surface area contributed by atoms with Crippen LogP contribution in [0.1, 0.15) is 125 Å². The minimum absolute atomic E-state index is 0.890. The summed E-state index contributed by atoms with van der Waals surface area (Å²) in [5.74, 6) is 3.02. The summed E-state index contributed by atoms with van der Waals surface area (Å²) < 4.78 is 0. The Kier molecular flexibility index (Phi) is 33.5. The van der Waals surface area contributed by atoms with Gasteiger partial charge in [-0.3, -0.25) is 0 Å². The van der Waals surface area contributed by atoms with Crippen LogP contribution in [0.3, 0.4) is 0 Å². The van der Waals surface area contributed by atoms with Crippen LogP contribution in [0.15, 0.2) is 0 Å². The highest BCUT2D eigenvalue weighted by atomic mass is 14.1. The largest absolute Gasteiger partial charge is 0.133 e. The second kappa shape index (κ2) is 29.4. The minimum atomic E-state index is 0.890. The maximum absolute atomic E-state index is 2.33. The normalized spacial score (nSPS) is 12.3. The molecule has 0 bridgehead atoms. The van der Waals surface area contributed by atoms with E-state index in [-0.39, 0.29) is 0 Å². The first-order chi connectivity index (χ1) is 16.1. The van der Waals surface area contributed by atoms with Crippen molar-refractivity contribution in [3.63, 3.8) is 0 Å². The second-order valence-corrected chi connectivity index (χ2v) is 12.5. The summed E-state index contributed by atoms with van der Waals surface area (Å²) >= 11 is 0. The van der Waals surface area contributed by atoms with Gasteiger partial charge in [-0.05, 0) is 17.8 Å². The number of rotatable bonds is 19. The van der Waals surface area contributed by atoms with E-state index in [0.717, 1.165) is 37.9 Å². The molecule has 0 amide bonds. The summed E-state index contributed by atoms with van der Waals surface area (Å²) in [5, 5.41) is 0. The molecule has 0 saturated heterocycles. The van der Waals surface area contributed by atoms with Crippen LogP contribution < -0.4 is 0 Å². The van der Waals surface area contributed by atoms with Crippen molar-refractivity contribution in [3.05, 3.63) is 0 Å². The Morgan fingerprint density at radius 3 is 0.794 bits per heavy atom. The number of hydrogen-bond donors (Lipinski definition) is 0. The van der Waals surface area contributed by atoms with Crippen LogP contribution >= 0.6 is 0 Å². The fourth-order valence-electron chi connectivity index (χ4n) is 4.88. The lowest BCUT2D eigenvalue weighted by atomic mass is 9.51. The average molecular weight is 476 g/mol. The lowest BCUT2D eigenvalue weighted by Gasteiger charge is -2.15. The predicted octanol–water partition coefficient (Wildman–Crippen LogP) is 12.3. The maximum atomic E-state index is 2.33. The van der Waals surface area contributed by atoms with Gasteiger partial charge in [0.05, 0.1) is 0 Å². The minimum Gasteiger partial charge on any atom is -0.0863 e. The zero-order chi connectivity index (χ0) is 26.8. The van der Waals surface area contributed by atoms with Crippen LogP contribution in [0.4, 0.5) is 0 Å². The van der Waals surface area contributed by atoms with Crippen LogP contribution in [0.25, 0.3) is 0 Å². The van der Waals surface area contributed by atoms with Crippen molar-refractivity contribution in [2.24, 2.45) is 17.8 Å². The highest BCUT2D eigenvalue weighted by Gasteiger charge is 2.09. The third-order valence-electron chi connectivity index (χ3n) is 7.40. The molecule has 0 aromatic heterocycles. The molecule has 0 aromatic rings. The molecular weight excluding hydrogens is 405 g/mol. The Hall–Kier alpha value is 0.195. The lowest BCUT2D eigenvalue weighted by molar-refractivity contribution is 0.426. The Morgan fingerprint density at radius 1 is 0.353 bits per heavy atom. The standard InChI is InChI=1S/C11H25B.2C10H23B/c1-5-7-11(8-6-2)9-10-12(3)4;2*1-5-7-10(6-2)8-9-11(3)4/h11H,5-10H2,1-4H3;2*10H,5-9H2,1-4H3. The van der Waals surface area contributed by atoms with Gasteiger partial charge in [-0.25, -0.2) is 0 Å². The molecule has 0 radical (unpaired) electrons. The molecule has 0 nitrogen and oxygen atoms in total. The molecule has 2 atom stereocenters. The average Bonchev–Trinajstić information content (AvgIpc) is 2.78. The summed E-state index contributed by atoms with van der Waals surface area (Å²) in [6, 6.07) is 0. The zero-order valence-corrected chi connectivity index (χ0v) is 26.8. The van der Waals surface area contributed by atoms with Gasteiger partial charge < -0.3 is 0 Å². The maximum Gasteiger partial charge on any atom is 0.133 e. The molecule has 3 heteroatoms. The smallest absolute Gasteiger partial charge is 0.0863 e. The topological polar surface area (TPSA) is 0 Å². The Balaban J connectivity index is -0.000000425. The van der Waals surface area contributed by atoms with Crippen molar-refractivity contribution in [2.45, 2.75) is 185 Å². The Bertz CT molecular complexity index is 327. The van der Waals surface area contributed by atoms with E-state index in [0.29, 0.717) is 0 Å². The SMILES string of the molecule is CCCC(CC)CCB(C)C.CCCC(CC)CCB(C)C.CCCC(CCC)CCB(C)C. The first-order valence-electron chi connectivity index (χ1n) is 16.1. The highest BCUT2D eigenvalue weighted by Crippen LogP contribution is 2.21. The van der Waals surface area contributed by atoms with E-state index in [9.17, 15) is 0 Å². The predicted molar refractivity (Wildman–Crippen MR) is 171 cm³/mol. The van der Waals surface area contributed by atoms with Crippen LogP contribution in [0.2, 0.25) is 59.9 Å². The molecule has 0 spiro atoms. The monoisotopic (exact) mass is 477 g/mol. The molecule has 0 aliphatic heterocycles.